The van der Waals surface area contributed by atoms with Gasteiger partial charge in [-0.2, -0.15) is 0 Å². The number of fused-ring (bicyclic) bond motifs is 5. The summed E-state index contributed by atoms with van der Waals surface area (Å²) in [6, 6.07) is 10.1. The first-order valence-electron chi connectivity index (χ1n) is 8.24. The van der Waals surface area contributed by atoms with E-state index in [9.17, 15) is 4.79 Å². The lowest BCUT2D eigenvalue weighted by Gasteiger charge is -2.24. The zero-order valence-electron chi connectivity index (χ0n) is 12.9. The molecule has 3 aliphatic rings. The molecule has 1 aromatic heterocycles. The van der Waals surface area contributed by atoms with E-state index in [1.807, 2.05) is 6.07 Å². The summed E-state index contributed by atoms with van der Waals surface area (Å²) in [4.78, 5) is 19.5. The van der Waals surface area contributed by atoms with Gasteiger partial charge in [0.25, 0.3) is 0 Å². The Labute approximate surface area is 134 Å². The average Bonchev–Trinajstić information content (AvgIpc) is 3.23. The van der Waals surface area contributed by atoms with Crippen molar-refractivity contribution in [2.75, 3.05) is 24.5 Å². The van der Waals surface area contributed by atoms with E-state index in [0.717, 1.165) is 61.9 Å². The highest BCUT2D eigenvalue weighted by Crippen LogP contribution is 2.34. The molecule has 3 heterocycles. The molecule has 0 atom stereocenters. The van der Waals surface area contributed by atoms with E-state index in [2.05, 4.69) is 38.0 Å². The summed E-state index contributed by atoms with van der Waals surface area (Å²) >= 11 is 0. The monoisotopic (exact) mass is 306 g/mol. The second kappa shape index (κ2) is 4.72. The second-order valence-corrected chi connectivity index (χ2v) is 6.28. The molecule has 0 radical (unpaired) electrons. The van der Waals surface area contributed by atoms with E-state index in [1.165, 1.54) is 11.3 Å². The Hall–Kier alpha value is -2.56. The van der Waals surface area contributed by atoms with Crippen molar-refractivity contribution in [1.82, 2.24) is 9.88 Å². The number of aliphatic imine (C=N–C) groups is 1. The highest BCUT2D eigenvalue weighted by Gasteiger charge is 2.30. The van der Waals surface area contributed by atoms with Crippen molar-refractivity contribution in [3.05, 3.63) is 51.8 Å². The predicted molar refractivity (Wildman–Crippen MR) is 91.2 cm³/mol. The number of pyridine rings is 1. The van der Waals surface area contributed by atoms with Gasteiger partial charge in [-0.05, 0) is 24.0 Å². The molecule has 1 N–H and O–H groups in total. The molecule has 0 amide bonds. The topological polar surface area (TPSA) is 49.6 Å². The highest BCUT2D eigenvalue weighted by molar-refractivity contribution is 5.97. The Kier molecular flexibility index (Phi) is 2.65. The molecule has 2 aromatic rings. The lowest BCUT2D eigenvalue weighted by atomic mass is 9.88. The Morgan fingerprint density at radius 1 is 1.13 bits per heavy atom. The summed E-state index contributed by atoms with van der Waals surface area (Å²) in [5, 5.41) is 3.32. The molecule has 2 aliphatic heterocycles. The first-order valence-corrected chi connectivity index (χ1v) is 8.24. The molecule has 5 heteroatoms. The Bertz CT molecular complexity index is 896. The molecule has 23 heavy (non-hydrogen) atoms. The molecule has 0 spiro atoms. The van der Waals surface area contributed by atoms with E-state index < -0.39 is 0 Å². The lowest BCUT2D eigenvalue weighted by molar-refractivity contribution is 0.720. The third kappa shape index (κ3) is 1.79. The second-order valence-electron chi connectivity index (χ2n) is 6.28. The number of rotatable bonds is 0. The third-order valence-electron chi connectivity index (χ3n) is 5.05. The van der Waals surface area contributed by atoms with Crippen molar-refractivity contribution >= 4 is 11.8 Å². The van der Waals surface area contributed by atoms with Gasteiger partial charge in [0.05, 0.1) is 6.54 Å². The molecule has 1 aromatic carbocycles. The maximum absolute atomic E-state index is 12.8. The minimum atomic E-state index is 0.129. The molecule has 0 bridgehead atoms. The summed E-state index contributed by atoms with van der Waals surface area (Å²) in [5.74, 6) is 1.90. The molecular weight excluding hydrogens is 288 g/mol. The van der Waals surface area contributed by atoms with Gasteiger partial charge in [-0.1, -0.05) is 24.3 Å². The largest absolute Gasteiger partial charge is 0.354 e. The van der Waals surface area contributed by atoms with Crippen molar-refractivity contribution in [1.29, 1.82) is 0 Å². The van der Waals surface area contributed by atoms with Crippen molar-refractivity contribution in [3.63, 3.8) is 0 Å². The van der Waals surface area contributed by atoms with Gasteiger partial charge < -0.3 is 9.88 Å². The summed E-state index contributed by atoms with van der Waals surface area (Å²) < 4.78 is 2.31. The Morgan fingerprint density at radius 2 is 2.04 bits per heavy atom. The number of aryl methyl sites for hydroxylation is 1. The Morgan fingerprint density at radius 3 is 2.91 bits per heavy atom. The fourth-order valence-corrected chi connectivity index (χ4v) is 4.03. The maximum Gasteiger partial charge on any atom is 0.199 e. The third-order valence-corrected chi connectivity index (χ3v) is 5.05. The number of nitrogens with one attached hydrogen (secondary N) is 1. The summed E-state index contributed by atoms with van der Waals surface area (Å²) in [6.07, 6.45) is 1.94. The van der Waals surface area contributed by atoms with Crippen LogP contribution in [0.1, 0.15) is 11.3 Å². The van der Waals surface area contributed by atoms with Crippen LogP contribution in [0.15, 0.2) is 40.1 Å². The van der Waals surface area contributed by atoms with Gasteiger partial charge in [0, 0.05) is 37.0 Å². The zero-order valence-corrected chi connectivity index (χ0v) is 12.9. The van der Waals surface area contributed by atoms with Crippen LogP contribution in [0.4, 0.5) is 5.82 Å². The van der Waals surface area contributed by atoms with Crippen LogP contribution in [-0.4, -0.2) is 30.2 Å². The van der Waals surface area contributed by atoms with Gasteiger partial charge in [-0.15, -0.1) is 0 Å². The SMILES string of the molecule is O=c1cc2n(c3c1-c1ccccc1CC3)CCN2C1=NCCN1. The van der Waals surface area contributed by atoms with E-state index in [4.69, 9.17) is 0 Å². The van der Waals surface area contributed by atoms with E-state index >= 15 is 0 Å². The number of hydrogen-bond donors (Lipinski definition) is 1. The summed E-state index contributed by atoms with van der Waals surface area (Å²) in [6.45, 7) is 3.49. The van der Waals surface area contributed by atoms with Gasteiger partial charge in [0.2, 0.25) is 0 Å². The number of aromatic nitrogens is 1. The van der Waals surface area contributed by atoms with E-state index in [1.54, 1.807) is 6.07 Å². The van der Waals surface area contributed by atoms with Crippen LogP contribution in [0.3, 0.4) is 0 Å². The molecule has 1 aliphatic carbocycles. The van der Waals surface area contributed by atoms with Gasteiger partial charge >= 0.3 is 0 Å². The number of hydrogen-bond acceptors (Lipinski definition) is 4. The van der Waals surface area contributed by atoms with Gasteiger partial charge in [-0.3, -0.25) is 14.7 Å². The number of guanidine groups is 1. The first kappa shape index (κ1) is 12.9. The van der Waals surface area contributed by atoms with Crippen molar-refractivity contribution in [2.45, 2.75) is 19.4 Å². The molecule has 0 fully saturated rings. The smallest absolute Gasteiger partial charge is 0.199 e. The molecule has 5 nitrogen and oxygen atoms in total. The van der Waals surface area contributed by atoms with Crippen LogP contribution < -0.4 is 15.6 Å². The quantitative estimate of drug-likeness (QED) is 0.800. The molecule has 0 saturated heterocycles. The van der Waals surface area contributed by atoms with Crippen molar-refractivity contribution in [2.24, 2.45) is 4.99 Å². The fourth-order valence-electron chi connectivity index (χ4n) is 4.03. The standard InChI is InChI=1S/C18H18N4O/c23-15-11-16-21(9-10-22(16)18-19-7-8-20-18)14-6-5-12-3-1-2-4-13(12)17(14)15/h1-4,11H,5-10H2,(H,19,20). The van der Waals surface area contributed by atoms with Crippen LogP contribution in [0.5, 0.6) is 0 Å². The van der Waals surface area contributed by atoms with Crippen LogP contribution in [0.25, 0.3) is 11.1 Å². The molecular formula is C18H18N4O. The van der Waals surface area contributed by atoms with Gasteiger partial charge in [-0.25, -0.2) is 0 Å². The maximum atomic E-state index is 12.8. The predicted octanol–water partition coefficient (Wildman–Crippen LogP) is 1.39. The molecule has 0 saturated carbocycles. The average molecular weight is 306 g/mol. The molecule has 116 valence electrons. The molecule has 0 unspecified atom stereocenters. The van der Waals surface area contributed by atoms with E-state index in [-0.39, 0.29) is 5.43 Å². The highest BCUT2D eigenvalue weighted by atomic mass is 16.1. The van der Waals surface area contributed by atoms with Crippen LogP contribution in [0, 0.1) is 0 Å². The number of anilines is 1. The minimum absolute atomic E-state index is 0.129. The normalized spacial score (nSPS) is 18.1. The number of benzene rings is 1. The minimum Gasteiger partial charge on any atom is -0.354 e. The fraction of sp³-hybridized carbons (Fsp3) is 0.333. The summed E-state index contributed by atoms with van der Waals surface area (Å²) in [7, 11) is 0. The summed E-state index contributed by atoms with van der Waals surface area (Å²) in [5.41, 5.74) is 4.62. The van der Waals surface area contributed by atoms with Crippen molar-refractivity contribution in [3.8, 4) is 11.1 Å². The number of nitrogens with zero attached hydrogens (tertiary/aromatic N) is 3. The van der Waals surface area contributed by atoms with Crippen molar-refractivity contribution < 1.29 is 0 Å². The van der Waals surface area contributed by atoms with E-state index in [0.29, 0.717) is 0 Å². The lowest BCUT2D eigenvalue weighted by Crippen LogP contribution is -2.38. The Balaban J connectivity index is 1.71. The first-order chi connectivity index (χ1) is 11.3. The zero-order chi connectivity index (χ0) is 15.4. The van der Waals surface area contributed by atoms with Crippen LogP contribution >= 0.6 is 0 Å². The van der Waals surface area contributed by atoms with Crippen LogP contribution in [0.2, 0.25) is 0 Å². The molecule has 5 rings (SSSR count). The van der Waals surface area contributed by atoms with Gasteiger partial charge in [0.1, 0.15) is 5.82 Å². The van der Waals surface area contributed by atoms with Crippen LogP contribution in [-0.2, 0) is 19.4 Å². The van der Waals surface area contributed by atoms with Gasteiger partial charge in [0.15, 0.2) is 11.4 Å².